The van der Waals surface area contributed by atoms with Gasteiger partial charge in [0.1, 0.15) is 5.82 Å². The molecule has 0 amide bonds. The Labute approximate surface area is 77.2 Å². The smallest absolute Gasteiger partial charge is 0.195 e. The number of fused-ring (bicyclic) bond motifs is 1. The number of hydrogen-bond donors (Lipinski definition) is 1. The van der Waals surface area contributed by atoms with Crippen molar-refractivity contribution in [1.82, 2.24) is 4.98 Å². The molecule has 0 spiro atoms. The van der Waals surface area contributed by atoms with E-state index in [9.17, 15) is 13.2 Å². The second-order valence-corrected chi connectivity index (χ2v) is 2.79. The van der Waals surface area contributed by atoms with Gasteiger partial charge in [-0.05, 0) is 12.1 Å². The van der Waals surface area contributed by atoms with Gasteiger partial charge in [-0.3, -0.25) is 0 Å². The van der Waals surface area contributed by atoms with E-state index in [0.29, 0.717) is 0 Å². The molecule has 2 aromatic rings. The maximum Gasteiger partial charge on any atom is 0.195 e. The van der Waals surface area contributed by atoms with E-state index >= 15 is 0 Å². The van der Waals surface area contributed by atoms with Crippen LogP contribution in [-0.2, 0) is 0 Å². The van der Waals surface area contributed by atoms with Crippen molar-refractivity contribution < 1.29 is 13.2 Å². The molecule has 72 valence electrons. The van der Waals surface area contributed by atoms with E-state index in [1.807, 2.05) is 0 Å². The van der Waals surface area contributed by atoms with Crippen molar-refractivity contribution in [2.75, 3.05) is 5.73 Å². The van der Waals surface area contributed by atoms with E-state index in [4.69, 9.17) is 5.73 Å². The first-order chi connectivity index (χ1) is 6.59. The molecule has 14 heavy (non-hydrogen) atoms. The number of pyridine rings is 1. The molecule has 0 fully saturated rings. The third-order valence-corrected chi connectivity index (χ3v) is 1.85. The Bertz CT molecular complexity index is 511. The van der Waals surface area contributed by atoms with Crippen molar-refractivity contribution in [3.63, 3.8) is 0 Å². The second kappa shape index (κ2) is 2.87. The molecule has 2 N–H and O–H groups in total. The van der Waals surface area contributed by atoms with Gasteiger partial charge in [0.15, 0.2) is 17.5 Å². The third-order valence-electron chi connectivity index (χ3n) is 1.85. The summed E-state index contributed by atoms with van der Waals surface area (Å²) in [5, 5.41) is -0.0851. The molecular formula is C9H5F3N2. The maximum absolute atomic E-state index is 13.1. The summed E-state index contributed by atoms with van der Waals surface area (Å²) in [6.45, 7) is 0. The number of aromatic nitrogens is 1. The lowest BCUT2D eigenvalue weighted by Gasteiger charge is -2.01. The van der Waals surface area contributed by atoms with Gasteiger partial charge in [-0.25, -0.2) is 18.2 Å². The highest BCUT2D eigenvalue weighted by Gasteiger charge is 2.13. The van der Waals surface area contributed by atoms with E-state index in [1.54, 1.807) is 0 Å². The zero-order valence-electron chi connectivity index (χ0n) is 6.89. The summed E-state index contributed by atoms with van der Waals surface area (Å²) in [6.07, 6.45) is 0. The van der Waals surface area contributed by atoms with Crippen LogP contribution in [0.5, 0.6) is 0 Å². The van der Waals surface area contributed by atoms with Gasteiger partial charge in [0, 0.05) is 11.5 Å². The van der Waals surface area contributed by atoms with Crippen LogP contribution in [0.2, 0.25) is 0 Å². The molecule has 2 nitrogen and oxygen atoms in total. The minimum Gasteiger partial charge on any atom is -0.384 e. The first-order valence-electron chi connectivity index (χ1n) is 3.79. The largest absolute Gasteiger partial charge is 0.384 e. The Kier molecular flexibility index (Phi) is 1.80. The van der Waals surface area contributed by atoms with Crippen LogP contribution >= 0.6 is 0 Å². The number of nitrogens with zero attached hydrogens (tertiary/aromatic N) is 1. The van der Waals surface area contributed by atoms with E-state index in [0.717, 1.165) is 6.07 Å². The highest BCUT2D eigenvalue weighted by molar-refractivity contribution is 5.80. The Balaban J connectivity index is 2.91. The summed E-state index contributed by atoms with van der Waals surface area (Å²) in [7, 11) is 0. The molecule has 0 aliphatic heterocycles. The number of anilines is 1. The first kappa shape index (κ1) is 8.80. The lowest BCUT2D eigenvalue weighted by atomic mass is 10.2. The number of hydrogen-bond acceptors (Lipinski definition) is 2. The second-order valence-electron chi connectivity index (χ2n) is 2.79. The fourth-order valence-corrected chi connectivity index (χ4v) is 1.19. The molecule has 1 aromatic carbocycles. The number of rotatable bonds is 0. The van der Waals surface area contributed by atoms with Crippen LogP contribution < -0.4 is 5.73 Å². The highest BCUT2D eigenvalue weighted by atomic mass is 19.2. The molecule has 1 aromatic heterocycles. The fourth-order valence-electron chi connectivity index (χ4n) is 1.19. The van der Waals surface area contributed by atoms with Gasteiger partial charge in [-0.1, -0.05) is 0 Å². The van der Waals surface area contributed by atoms with Gasteiger partial charge in [-0.15, -0.1) is 0 Å². The van der Waals surface area contributed by atoms with Crippen LogP contribution in [0.15, 0.2) is 18.2 Å². The summed E-state index contributed by atoms with van der Waals surface area (Å²) in [4.78, 5) is 3.67. The Hall–Kier alpha value is -1.78. The molecule has 0 aliphatic rings. The van der Waals surface area contributed by atoms with Crippen LogP contribution in [0.25, 0.3) is 10.9 Å². The van der Waals surface area contributed by atoms with Gasteiger partial charge < -0.3 is 5.73 Å². The molecule has 0 saturated carbocycles. The zero-order valence-corrected chi connectivity index (χ0v) is 6.89. The van der Waals surface area contributed by atoms with Gasteiger partial charge in [0.25, 0.3) is 0 Å². The standard InChI is InChI=1S/C9H5F3N2/c10-5-3-6-4(8(11)9(5)12)1-2-7(13)14-6/h1-3H,(H2,13,14). The molecule has 0 aliphatic carbocycles. The van der Waals surface area contributed by atoms with E-state index in [1.165, 1.54) is 12.1 Å². The number of halogens is 3. The summed E-state index contributed by atoms with van der Waals surface area (Å²) >= 11 is 0. The van der Waals surface area contributed by atoms with E-state index in [-0.39, 0.29) is 16.7 Å². The summed E-state index contributed by atoms with van der Waals surface area (Å²) in [5.74, 6) is -3.88. The topological polar surface area (TPSA) is 38.9 Å². The zero-order chi connectivity index (χ0) is 10.3. The minimum atomic E-state index is -1.50. The van der Waals surface area contributed by atoms with E-state index in [2.05, 4.69) is 4.98 Å². The average Bonchev–Trinajstić information content (AvgIpc) is 2.14. The molecule has 5 heteroatoms. The van der Waals surface area contributed by atoms with Gasteiger partial charge in [0.2, 0.25) is 0 Å². The predicted molar refractivity (Wildman–Crippen MR) is 46.0 cm³/mol. The fraction of sp³-hybridized carbons (Fsp3) is 0. The van der Waals surface area contributed by atoms with Crippen LogP contribution in [0.4, 0.5) is 19.0 Å². The van der Waals surface area contributed by atoms with Crippen LogP contribution in [0.1, 0.15) is 0 Å². The molecule has 0 radical (unpaired) electrons. The third kappa shape index (κ3) is 1.17. The normalized spacial score (nSPS) is 10.8. The van der Waals surface area contributed by atoms with E-state index < -0.39 is 17.5 Å². The quantitative estimate of drug-likeness (QED) is 0.659. The van der Waals surface area contributed by atoms with Crippen molar-refractivity contribution in [1.29, 1.82) is 0 Å². The minimum absolute atomic E-state index is 0.00130. The highest BCUT2D eigenvalue weighted by Crippen LogP contribution is 2.22. The summed E-state index contributed by atoms with van der Waals surface area (Å²) in [6, 6.07) is 3.39. The van der Waals surface area contributed by atoms with Crippen molar-refractivity contribution in [3.8, 4) is 0 Å². The molecule has 1 heterocycles. The van der Waals surface area contributed by atoms with Crippen molar-refractivity contribution in [3.05, 3.63) is 35.7 Å². The van der Waals surface area contributed by atoms with Gasteiger partial charge >= 0.3 is 0 Å². The Morgan fingerprint density at radius 3 is 2.50 bits per heavy atom. The first-order valence-corrected chi connectivity index (χ1v) is 3.79. The summed E-state index contributed by atoms with van der Waals surface area (Å²) in [5.41, 5.74) is 5.31. The predicted octanol–water partition coefficient (Wildman–Crippen LogP) is 2.23. The van der Waals surface area contributed by atoms with Crippen LogP contribution in [0, 0.1) is 17.5 Å². The molecule has 0 saturated heterocycles. The van der Waals surface area contributed by atoms with Gasteiger partial charge in [0.05, 0.1) is 5.52 Å². The Morgan fingerprint density at radius 1 is 1.07 bits per heavy atom. The number of nitrogen functional groups attached to an aromatic ring is 1. The molecule has 0 atom stereocenters. The molecule has 2 rings (SSSR count). The van der Waals surface area contributed by atoms with Crippen LogP contribution in [0.3, 0.4) is 0 Å². The summed E-state index contributed by atoms with van der Waals surface area (Å²) < 4.78 is 38.6. The van der Waals surface area contributed by atoms with Gasteiger partial charge in [-0.2, -0.15) is 0 Å². The number of nitrogens with two attached hydrogens (primary N) is 1. The lowest BCUT2D eigenvalue weighted by molar-refractivity contribution is 0.453. The molecule has 0 unspecified atom stereocenters. The van der Waals surface area contributed by atoms with Crippen molar-refractivity contribution >= 4 is 16.7 Å². The Morgan fingerprint density at radius 2 is 1.79 bits per heavy atom. The van der Waals surface area contributed by atoms with Crippen molar-refractivity contribution in [2.24, 2.45) is 0 Å². The number of benzene rings is 1. The maximum atomic E-state index is 13.1. The molecule has 0 bridgehead atoms. The van der Waals surface area contributed by atoms with Crippen molar-refractivity contribution in [2.45, 2.75) is 0 Å². The van der Waals surface area contributed by atoms with Crippen LogP contribution in [-0.4, -0.2) is 4.98 Å². The SMILES string of the molecule is Nc1ccc2c(F)c(F)c(F)cc2n1. The molecular weight excluding hydrogens is 193 g/mol. The lowest BCUT2D eigenvalue weighted by Crippen LogP contribution is -1.96. The average molecular weight is 198 g/mol. The monoisotopic (exact) mass is 198 g/mol.